The molecule has 3 aliphatic carbocycles. The second-order valence-corrected chi connectivity index (χ2v) is 10.0. The number of rotatable bonds is 3. The van der Waals surface area contributed by atoms with Crippen molar-refractivity contribution in [2.24, 2.45) is 17.3 Å². The average molecular weight is 468 g/mol. The topological polar surface area (TPSA) is 136 Å². The molecule has 3 fully saturated rings. The number of aliphatic hydroxyl groups is 3. The molecule has 0 spiro atoms. The quantitative estimate of drug-likeness (QED) is 0.401. The normalized spacial score (nSPS) is 41.9. The third-order valence-electron chi connectivity index (χ3n) is 8.46. The molecule has 33 heavy (non-hydrogen) atoms. The summed E-state index contributed by atoms with van der Waals surface area (Å²) in [4.78, 5) is 23.7. The van der Waals surface area contributed by atoms with E-state index < -0.39 is 36.7 Å². The van der Waals surface area contributed by atoms with E-state index in [1.165, 1.54) is 5.56 Å². The number of hydrogen-bond acceptors (Lipinski definition) is 8. The molecule has 5 rings (SSSR count). The Morgan fingerprint density at radius 2 is 1.88 bits per heavy atom. The maximum Gasteiger partial charge on any atom is 1.00 e. The average Bonchev–Trinajstić information content (AvgIpc) is 3.08. The van der Waals surface area contributed by atoms with Crippen LogP contribution in [0.2, 0.25) is 0 Å². The molecule has 0 bridgehead atoms. The van der Waals surface area contributed by atoms with Crippen LogP contribution in [-0.4, -0.2) is 57.8 Å². The maximum atomic E-state index is 12.5. The van der Waals surface area contributed by atoms with Crippen molar-refractivity contribution in [3.05, 3.63) is 29.3 Å². The number of fused-ring (bicyclic) bond motifs is 5. The third kappa shape index (κ3) is 4.07. The Hall–Kier alpha value is -1.000. The molecule has 1 aromatic rings. The molecule has 1 aliphatic heterocycles. The van der Waals surface area contributed by atoms with E-state index in [2.05, 4.69) is 6.92 Å². The van der Waals surface area contributed by atoms with Gasteiger partial charge in [-0.25, -0.2) is 0 Å². The number of carbonyl (C=O) groups excluding carboxylic acids is 2. The number of aryl methyl sites for hydroxylation is 1. The van der Waals surface area contributed by atoms with Gasteiger partial charge in [-0.1, -0.05) is 13.0 Å². The fourth-order valence-electron chi connectivity index (χ4n) is 6.68. The first-order valence-electron chi connectivity index (χ1n) is 11.4. The van der Waals surface area contributed by atoms with Crippen molar-refractivity contribution in [2.75, 3.05) is 0 Å². The summed E-state index contributed by atoms with van der Waals surface area (Å²) in [5.74, 6) is 0.477. The van der Waals surface area contributed by atoms with E-state index in [4.69, 9.17) is 9.47 Å². The van der Waals surface area contributed by atoms with Crippen LogP contribution in [-0.2, 0) is 20.7 Å². The van der Waals surface area contributed by atoms with Gasteiger partial charge in [-0.3, -0.25) is 4.79 Å². The minimum absolute atomic E-state index is 0. The molecule has 1 heterocycles. The van der Waals surface area contributed by atoms with Gasteiger partial charge >= 0.3 is 29.6 Å². The first-order valence-corrected chi connectivity index (χ1v) is 11.4. The number of carbonyl (C=O) groups is 2. The molecule has 9 atom stereocenters. The molecule has 9 unspecified atom stereocenters. The number of aliphatic hydroxyl groups excluding tert-OH is 3. The van der Waals surface area contributed by atoms with Crippen LogP contribution in [0, 0.1) is 17.3 Å². The number of ether oxygens (including phenoxy) is 2. The molecule has 9 heteroatoms. The van der Waals surface area contributed by atoms with Gasteiger partial charge in [0.1, 0.15) is 35.9 Å². The first-order chi connectivity index (χ1) is 15.2. The van der Waals surface area contributed by atoms with Gasteiger partial charge < -0.3 is 34.7 Å². The molecule has 8 nitrogen and oxygen atoms in total. The SMILES string of the molecule is CC12CCC3c4ccc(OC5OC(C(=O)[O-])C(O)C(O)C5O)cc4CCC3C1CCC2=O.[Na+]. The maximum absolute atomic E-state index is 12.5. The molecule has 0 aromatic heterocycles. The van der Waals surface area contributed by atoms with Gasteiger partial charge in [0.2, 0.25) is 6.29 Å². The number of hydrogen-bond donors (Lipinski definition) is 3. The van der Waals surface area contributed by atoms with Gasteiger partial charge in [0.15, 0.2) is 0 Å². The summed E-state index contributed by atoms with van der Waals surface area (Å²) in [6.07, 6.45) is -2.97. The molecule has 0 amide bonds. The molecule has 2 saturated carbocycles. The van der Waals surface area contributed by atoms with Gasteiger partial charge in [0.25, 0.3) is 0 Å². The second-order valence-electron chi connectivity index (χ2n) is 10.0. The zero-order chi connectivity index (χ0) is 22.8. The summed E-state index contributed by atoms with van der Waals surface area (Å²) >= 11 is 0. The summed E-state index contributed by atoms with van der Waals surface area (Å²) in [6, 6.07) is 5.65. The predicted molar refractivity (Wildman–Crippen MR) is 108 cm³/mol. The van der Waals surface area contributed by atoms with Crippen molar-refractivity contribution >= 4 is 11.8 Å². The Morgan fingerprint density at radius 1 is 1.12 bits per heavy atom. The fraction of sp³-hybridized carbons (Fsp3) is 0.667. The summed E-state index contributed by atoms with van der Waals surface area (Å²) in [7, 11) is 0. The van der Waals surface area contributed by atoms with E-state index in [0.29, 0.717) is 35.7 Å². The molecule has 1 saturated heterocycles. The number of aliphatic carboxylic acids is 1. The fourth-order valence-corrected chi connectivity index (χ4v) is 6.68. The van der Waals surface area contributed by atoms with E-state index in [0.717, 1.165) is 37.7 Å². The van der Waals surface area contributed by atoms with E-state index in [-0.39, 0.29) is 35.0 Å². The van der Waals surface area contributed by atoms with Crippen molar-refractivity contribution in [2.45, 2.75) is 82.1 Å². The van der Waals surface area contributed by atoms with Crippen LogP contribution in [0.1, 0.15) is 56.1 Å². The van der Waals surface area contributed by atoms with Crippen LogP contribution in [0.25, 0.3) is 0 Å². The van der Waals surface area contributed by atoms with Crippen molar-refractivity contribution < 1.29 is 69.0 Å². The summed E-state index contributed by atoms with van der Waals surface area (Å²) in [6.45, 7) is 2.15. The Morgan fingerprint density at radius 3 is 2.61 bits per heavy atom. The van der Waals surface area contributed by atoms with Crippen LogP contribution in [0.15, 0.2) is 18.2 Å². The minimum atomic E-state index is -1.81. The largest absolute Gasteiger partial charge is 1.00 e. The summed E-state index contributed by atoms with van der Waals surface area (Å²) in [5.41, 5.74) is 2.24. The molecule has 3 N–H and O–H groups in total. The van der Waals surface area contributed by atoms with Crippen molar-refractivity contribution in [1.82, 2.24) is 0 Å². The van der Waals surface area contributed by atoms with Crippen molar-refractivity contribution in [3.8, 4) is 5.75 Å². The Labute approximate surface area is 214 Å². The molecular formula is C24H29NaO8. The van der Waals surface area contributed by atoms with Gasteiger partial charge in [-0.2, -0.15) is 0 Å². The molecule has 4 aliphatic rings. The zero-order valence-corrected chi connectivity index (χ0v) is 21.0. The van der Waals surface area contributed by atoms with Crippen LogP contribution < -0.4 is 39.4 Å². The number of benzene rings is 1. The Bertz CT molecular complexity index is 937. The van der Waals surface area contributed by atoms with E-state index in [9.17, 15) is 30.0 Å². The summed E-state index contributed by atoms with van der Waals surface area (Å²) < 4.78 is 10.9. The van der Waals surface area contributed by atoms with Crippen LogP contribution in [0.3, 0.4) is 0 Å². The second kappa shape index (κ2) is 9.22. The first kappa shape index (κ1) is 25.1. The van der Waals surface area contributed by atoms with Crippen LogP contribution in [0.5, 0.6) is 5.75 Å². The zero-order valence-electron chi connectivity index (χ0n) is 19.0. The van der Waals surface area contributed by atoms with Gasteiger partial charge in [0.05, 0.1) is 5.97 Å². The smallest absolute Gasteiger partial charge is 0.547 e. The van der Waals surface area contributed by atoms with Crippen molar-refractivity contribution in [3.63, 3.8) is 0 Å². The predicted octanol–water partition coefficient (Wildman–Crippen LogP) is -2.95. The molecular weight excluding hydrogens is 439 g/mol. The van der Waals surface area contributed by atoms with E-state index in [1.807, 2.05) is 12.1 Å². The molecule has 0 radical (unpaired) electrons. The third-order valence-corrected chi connectivity index (χ3v) is 8.46. The van der Waals surface area contributed by atoms with E-state index in [1.54, 1.807) is 6.07 Å². The monoisotopic (exact) mass is 468 g/mol. The van der Waals surface area contributed by atoms with Gasteiger partial charge in [-0.05, 0) is 73.1 Å². The number of carboxylic acid groups (broad SMARTS) is 1. The van der Waals surface area contributed by atoms with Gasteiger partial charge in [-0.15, -0.1) is 0 Å². The van der Waals surface area contributed by atoms with E-state index >= 15 is 0 Å². The number of carboxylic acids is 1. The van der Waals surface area contributed by atoms with Gasteiger partial charge in [0, 0.05) is 11.8 Å². The molecule has 174 valence electrons. The van der Waals surface area contributed by atoms with Crippen LogP contribution >= 0.6 is 0 Å². The number of ketones is 1. The molecule has 1 aromatic carbocycles. The Kier molecular flexibility index (Phi) is 7.02. The minimum Gasteiger partial charge on any atom is -0.547 e. The van der Waals surface area contributed by atoms with Crippen molar-refractivity contribution in [1.29, 1.82) is 0 Å². The summed E-state index contributed by atoms with van der Waals surface area (Å²) in [5, 5.41) is 41.2. The number of Topliss-reactive ketones (excluding diaryl/α,β-unsaturated/α-hetero) is 1. The van der Waals surface area contributed by atoms with Crippen LogP contribution in [0.4, 0.5) is 0 Å². The standard InChI is InChI=1S/C24H30O8.Na/c1-24-9-8-14-13-5-3-12(10-11(13)2-4-15(14)16(24)6-7-17(24)25)31-23-20(28)18(26)19(27)21(32-23)22(29)30;/h3,5,10,14-16,18-21,23,26-28H,2,4,6-9H2,1H3,(H,29,30);/q;+1/p-1. The Balaban J connectivity index is 0.00000259.